The van der Waals surface area contributed by atoms with E-state index >= 15 is 0 Å². The molecule has 0 spiro atoms. The summed E-state index contributed by atoms with van der Waals surface area (Å²) in [4.78, 5) is 39.2. The predicted octanol–water partition coefficient (Wildman–Crippen LogP) is 0.679. The van der Waals surface area contributed by atoms with Gasteiger partial charge in [-0.2, -0.15) is 0 Å². The number of nitrogens with zero attached hydrogens (tertiary/aromatic N) is 1. The van der Waals surface area contributed by atoms with E-state index in [4.69, 9.17) is 14.2 Å². The number of hydrazine groups is 1. The highest BCUT2D eigenvalue weighted by Gasteiger charge is 2.42. The molecule has 0 aromatic heterocycles. The van der Waals surface area contributed by atoms with Crippen molar-refractivity contribution in [2.45, 2.75) is 39.7 Å². The van der Waals surface area contributed by atoms with Crippen LogP contribution in [0.2, 0.25) is 0 Å². The number of ether oxygens (including phenoxy) is 3. The Morgan fingerprint density at radius 1 is 1.03 bits per heavy atom. The molecule has 34 heavy (non-hydrogen) atoms. The molecule has 2 aliphatic heterocycles. The lowest BCUT2D eigenvalue weighted by molar-refractivity contribution is -0.130. The molecule has 12 heteroatoms. The monoisotopic (exact) mass is 497 g/mol. The van der Waals surface area contributed by atoms with E-state index in [1.807, 2.05) is 6.92 Å². The molecule has 11 nitrogen and oxygen atoms in total. The number of carbonyl (C=O) groups excluding carboxylic acids is 3. The molecular weight excluding hydrogens is 466 g/mol. The first kappa shape index (κ1) is 25.6. The summed E-state index contributed by atoms with van der Waals surface area (Å²) in [6.07, 6.45) is 0.339. The van der Waals surface area contributed by atoms with Gasteiger partial charge in [0.05, 0.1) is 37.2 Å². The van der Waals surface area contributed by atoms with Gasteiger partial charge >= 0.3 is 0 Å². The van der Waals surface area contributed by atoms with Crippen LogP contribution in [-0.2, 0) is 19.4 Å². The second-order valence-corrected chi connectivity index (χ2v) is 10.3. The molecule has 0 radical (unpaired) electrons. The molecule has 2 fully saturated rings. The molecule has 0 aliphatic carbocycles. The highest BCUT2D eigenvalue weighted by atomic mass is 32.2. The standard InChI is InChI=1S/C22H31N3O8S/c1-4-31-17-9-14(10-18(32-5-2)20(17)33-6-3)21(27)23-24-22(28)15-11-19(26)25(12-15)16-7-8-34(29,30)13-16/h9-10,15-16H,4-8,11-13H2,1-3H3,(H,23,27)(H,24,28)/t15-,16-/m1/s1. The lowest BCUT2D eigenvalue weighted by Crippen LogP contribution is -2.45. The third-order valence-corrected chi connectivity index (χ3v) is 7.40. The Hall–Kier alpha value is -3.02. The molecule has 0 unspecified atom stereocenters. The van der Waals surface area contributed by atoms with Crippen LogP contribution in [0.1, 0.15) is 44.0 Å². The number of amides is 3. The van der Waals surface area contributed by atoms with Gasteiger partial charge in [-0.25, -0.2) is 8.42 Å². The third-order valence-electron chi connectivity index (χ3n) is 5.65. The smallest absolute Gasteiger partial charge is 0.269 e. The molecule has 2 saturated heterocycles. The SMILES string of the molecule is CCOc1cc(C(=O)NNC(=O)[C@@H]2CC(=O)N([C@@H]3CCS(=O)(=O)C3)C2)cc(OCC)c1OCC. The summed E-state index contributed by atoms with van der Waals surface area (Å²) in [7, 11) is -3.15. The molecule has 3 amide bonds. The number of benzene rings is 1. The molecule has 188 valence electrons. The van der Waals surface area contributed by atoms with Crippen LogP contribution >= 0.6 is 0 Å². The lowest BCUT2D eigenvalue weighted by atomic mass is 10.1. The lowest BCUT2D eigenvalue weighted by Gasteiger charge is -2.23. The van der Waals surface area contributed by atoms with Crippen LogP contribution in [0.3, 0.4) is 0 Å². The number of nitrogens with one attached hydrogen (secondary N) is 2. The van der Waals surface area contributed by atoms with Crippen LogP contribution in [0.4, 0.5) is 0 Å². The van der Waals surface area contributed by atoms with Gasteiger partial charge in [-0.3, -0.25) is 25.2 Å². The maximum Gasteiger partial charge on any atom is 0.269 e. The minimum atomic E-state index is -3.15. The number of rotatable bonds is 9. The van der Waals surface area contributed by atoms with Crippen molar-refractivity contribution in [2.24, 2.45) is 5.92 Å². The maximum absolute atomic E-state index is 12.7. The first-order chi connectivity index (χ1) is 16.2. The largest absolute Gasteiger partial charge is 0.490 e. The van der Waals surface area contributed by atoms with Crippen LogP contribution in [0.25, 0.3) is 0 Å². The van der Waals surface area contributed by atoms with E-state index in [1.165, 1.54) is 17.0 Å². The molecule has 2 atom stereocenters. The Labute approximate surface area is 199 Å². The molecule has 2 aliphatic rings. The van der Waals surface area contributed by atoms with Gasteiger partial charge < -0.3 is 19.1 Å². The zero-order valence-electron chi connectivity index (χ0n) is 19.6. The van der Waals surface area contributed by atoms with Crippen molar-refractivity contribution in [3.8, 4) is 17.2 Å². The highest BCUT2D eigenvalue weighted by molar-refractivity contribution is 7.91. The van der Waals surface area contributed by atoms with E-state index in [1.54, 1.807) is 13.8 Å². The van der Waals surface area contributed by atoms with Gasteiger partial charge in [-0.1, -0.05) is 0 Å². The third kappa shape index (κ3) is 5.91. The van der Waals surface area contributed by atoms with Gasteiger partial charge in [0.2, 0.25) is 17.6 Å². The average molecular weight is 498 g/mol. The summed E-state index contributed by atoms with van der Waals surface area (Å²) >= 11 is 0. The van der Waals surface area contributed by atoms with Gasteiger partial charge in [-0.05, 0) is 39.3 Å². The van der Waals surface area contributed by atoms with Crippen LogP contribution in [0, 0.1) is 5.92 Å². The first-order valence-corrected chi connectivity index (χ1v) is 13.2. The predicted molar refractivity (Wildman–Crippen MR) is 122 cm³/mol. The van der Waals surface area contributed by atoms with Crippen molar-refractivity contribution in [3.63, 3.8) is 0 Å². The van der Waals surface area contributed by atoms with Crippen molar-refractivity contribution in [1.82, 2.24) is 15.8 Å². The Kier molecular flexibility index (Phi) is 8.24. The highest BCUT2D eigenvalue weighted by Crippen LogP contribution is 2.39. The summed E-state index contributed by atoms with van der Waals surface area (Å²) < 4.78 is 40.3. The molecule has 2 heterocycles. The van der Waals surface area contributed by atoms with E-state index in [2.05, 4.69) is 10.9 Å². The Bertz CT molecular complexity index is 1020. The topological polar surface area (TPSA) is 140 Å². The fraction of sp³-hybridized carbons (Fsp3) is 0.591. The fourth-order valence-electron chi connectivity index (χ4n) is 4.09. The average Bonchev–Trinajstić information content (AvgIpc) is 3.35. The second-order valence-electron chi connectivity index (χ2n) is 8.05. The zero-order valence-corrected chi connectivity index (χ0v) is 20.4. The van der Waals surface area contributed by atoms with E-state index in [0.717, 1.165) is 0 Å². The number of hydrogen-bond acceptors (Lipinski definition) is 8. The number of carbonyl (C=O) groups is 3. The van der Waals surface area contributed by atoms with Crippen molar-refractivity contribution < 1.29 is 37.0 Å². The summed E-state index contributed by atoms with van der Waals surface area (Å²) in [5, 5.41) is 0. The van der Waals surface area contributed by atoms with E-state index < -0.39 is 33.6 Å². The molecule has 3 rings (SSSR count). The number of likely N-dealkylation sites (tertiary alicyclic amines) is 1. The zero-order chi connectivity index (χ0) is 24.9. The Morgan fingerprint density at radius 3 is 2.18 bits per heavy atom. The van der Waals surface area contributed by atoms with Crippen LogP contribution < -0.4 is 25.1 Å². The fourth-order valence-corrected chi connectivity index (χ4v) is 5.82. The van der Waals surface area contributed by atoms with Crippen LogP contribution in [-0.4, -0.2) is 75.0 Å². The first-order valence-electron chi connectivity index (χ1n) is 11.4. The summed E-state index contributed by atoms with van der Waals surface area (Å²) in [5.41, 5.74) is 4.92. The molecule has 0 bridgehead atoms. The summed E-state index contributed by atoms with van der Waals surface area (Å²) in [6.45, 7) is 6.62. The maximum atomic E-state index is 12.7. The van der Waals surface area contributed by atoms with Gasteiger partial charge in [0.15, 0.2) is 21.3 Å². The minimum Gasteiger partial charge on any atom is -0.490 e. The number of sulfone groups is 1. The van der Waals surface area contributed by atoms with E-state index in [9.17, 15) is 22.8 Å². The second kappa shape index (κ2) is 10.9. The quantitative estimate of drug-likeness (QED) is 0.475. The molecule has 1 aromatic rings. The Morgan fingerprint density at radius 2 is 1.65 bits per heavy atom. The molecule has 1 aromatic carbocycles. The van der Waals surface area contributed by atoms with Gasteiger partial charge in [0.25, 0.3) is 5.91 Å². The van der Waals surface area contributed by atoms with Gasteiger partial charge in [-0.15, -0.1) is 0 Å². The van der Waals surface area contributed by atoms with Gasteiger partial charge in [0.1, 0.15) is 0 Å². The molecule has 2 N–H and O–H groups in total. The summed E-state index contributed by atoms with van der Waals surface area (Å²) in [6, 6.07) is 2.60. The van der Waals surface area contributed by atoms with Crippen molar-refractivity contribution in [3.05, 3.63) is 17.7 Å². The van der Waals surface area contributed by atoms with Crippen LogP contribution in [0.15, 0.2) is 12.1 Å². The van der Waals surface area contributed by atoms with Crippen molar-refractivity contribution in [1.29, 1.82) is 0 Å². The molecular formula is C22H31N3O8S. The van der Waals surface area contributed by atoms with E-state index in [-0.39, 0.29) is 35.9 Å². The number of hydrogen-bond donors (Lipinski definition) is 2. The minimum absolute atomic E-state index is 0.0374. The van der Waals surface area contributed by atoms with Crippen molar-refractivity contribution >= 4 is 27.6 Å². The molecule has 0 saturated carbocycles. The summed E-state index contributed by atoms with van der Waals surface area (Å²) in [5.74, 6) is -1.02. The normalized spacial score (nSPS) is 21.3. The van der Waals surface area contributed by atoms with Crippen molar-refractivity contribution in [2.75, 3.05) is 37.9 Å². The van der Waals surface area contributed by atoms with E-state index in [0.29, 0.717) is 43.5 Å². The van der Waals surface area contributed by atoms with Crippen LogP contribution in [0.5, 0.6) is 17.2 Å². The Balaban J connectivity index is 1.65. The van der Waals surface area contributed by atoms with Gasteiger partial charge in [0, 0.05) is 24.6 Å².